The van der Waals surface area contributed by atoms with Gasteiger partial charge >= 0.3 is 5.97 Å². The summed E-state index contributed by atoms with van der Waals surface area (Å²) in [6.07, 6.45) is 1.05. The Morgan fingerprint density at radius 1 is 1.47 bits per heavy atom. The summed E-state index contributed by atoms with van der Waals surface area (Å²) in [4.78, 5) is 11.1. The van der Waals surface area contributed by atoms with Gasteiger partial charge in [-0.1, -0.05) is 0 Å². The third-order valence-electron chi connectivity index (χ3n) is 2.55. The number of carboxylic acid groups (broad SMARTS) is 1. The van der Waals surface area contributed by atoms with E-state index in [-0.39, 0.29) is 5.82 Å². The summed E-state index contributed by atoms with van der Waals surface area (Å²) >= 11 is 0. The monoisotopic (exact) mass is 262 g/mol. The summed E-state index contributed by atoms with van der Waals surface area (Å²) in [6.45, 7) is 4.20. The fourth-order valence-corrected chi connectivity index (χ4v) is 1.66. The number of aromatic nitrogens is 4. The zero-order chi connectivity index (χ0) is 13.4. The van der Waals surface area contributed by atoms with E-state index < -0.39 is 26.6 Å². The Labute approximate surface area is 98.6 Å². The van der Waals surface area contributed by atoms with Crippen LogP contribution in [0.2, 0.25) is 0 Å². The van der Waals surface area contributed by atoms with E-state index in [2.05, 4.69) is 15.5 Å². The van der Waals surface area contributed by atoms with Crippen LogP contribution in [0, 0.1) is 0 Å². The van der Waals surface area contributed by atoms with Crippen LogP contribution in [0.4, 0.5) is 0 Å². The average Bonchev–Trinajstić information content (AvgIpc) is 2.63. The van der Waals surface area contributed by atoms with E-state index in [1.165, 1.54) is 20.8 Å². The molecule has 0 aliphatic heterocycles. The van der Waals surface area contributed by atoms with Gasteiger partial charge in [-0.25, -0.2) is 17.9 Å². The third-order valence-corrected chi connectivity index (χ3v) is 4.05. The predicted molar refractivity (Wildman–Crippen MR) is 58.0 cm³/mol. The standard InChI is InChI=1S/C8H14N4O4S/c1-5(17(4,15)16)6-9-10-11-12(6)8(2,3)7(13)14/h5H,1-4H3,(H,13,14). The minimum atomic E-state index is -3.39. The van der Waals surface area contributed by atoms with Gasteiger partial charge in [0.25, 0.3) is 0 Å². The topological polar surface area (TPSA) is 115 Å². The average molecular weight is 262 g/mol. The van der Waals surface area contributed by atoms with Crippen molar-refractivity contribution < 1.29 is 18.3 Å². The van der Waals surface area contributed by atoms with E-state index in [1.807, 2.05) is 0 Å². The number of carbonyl (C=O) groups is 1. The fourth-order valence-electron chi connectivity index (χ4n) is 1.13. The number of hydrogen-bond acceptors (Lipinski definition) is 6. The van der Waals surface area contributed by atoms with E-state index in [4.69, 9.17) is 5.11 Å². The maximum absolute atomic E-state index is 11.4. The minimum absolute atomic E-state index is 0.0138. The van der Waals surface area contributed by atoms with Crippen molar-refractivity contribution >= 4 is 15.8 Å². The van der Waals surface area contributed by atoms with Crippen molar-refractivity contribution in [2.75, 3.05) is 6.26 Å². The first-order chi connectivity index (χ1) is 7.58. The molecule has 8 nitrogen and oxygen atoms in total. The summed E-state index contributed by atoms with van der Waals surface area (Å²) in [5, 5.41) is 18.6. The van der Waals surface area contributed by atoms with Crippen LogP contribution in [-0.4, -0.2) is 46.0 Å². The highest BCUT2D eigenvalue weighted by atomic mass is 32.2. The zero-order valence-electron chi connectivity index (χ0n) is 9.95. The first kappa shape index (κ1) is 13.6. The van der Waals surface area contributed by atoms with Crippen molar-refractivity contribution in [2.45, 2.75) is 31.6 Å². The van der Waals surface area contributed by atoms with E-state index in [0.29, 0.717) is 0 Å². The van der Waals surface area contributed by atoms with Crippen LogP contribution in [0.3, 0.4) is 0 Å². The third kappa shape index (κ3) is 2.43. The molecular weight excluding hydrogens is 248 g/mol. The summed E-state index contributed by atoms with van der Waals surface area (Å²) in [5.74, 6) is -1.13. The van der Waals surface area contributed by atoms with Gasteiger partial charge < -0.3 is 5.11 Å². The smallest absolute Gasteiger partial charge is 0.331 e. The molecule has 1 rings (SSSR count). The van der Waals surface area contributed by atoms with E-state index in [9.17, 15) is 13.2 Å². The molecule has 96 valence electrons. The number of sulfone groups is 1. The highest BCUT2D eigenvalue weighted by Gasteiger charge is 2.36. The lowest BCUT2D eigenvalue weighted by Crippen LogP contribution is -2.38. The SMILES string of the molecule is CC(c1nnnn1C(C)(C)C(=O)O)S(C)(=O)=O. The second kappa shape index (κ2) is 4.06. The molecule has 1 heterocycles. The Morgan fingerprint density at radius 3 is 2.41 bits per heavy atom. The summed E-state index contributed by atoms with van der Waals surface area (Å²) in [7, 11) is -3.39. The van der Waals surface area contributed by atoms with E-state index in [0.717, 1.165) is 10.9 Å². The lowest BCUT2D eigenvalue weighted by molar-refractivity contribution is -0.146. The van der Waals surface area contributed by atoms with E-state index in [1.54, 1.807) is 0 Å². The highest BCUT2D eigenvalue weighted by molar-refractivity contribution is 7.90. The van der Waals surface area contributed by atoms with Crippen LogP contribution in [0.1, 0.15) is 31.8 Å². The second-order valence-corrected chi connectivity index (χ2v) is 6.65. The second-order valence-electron chi connectivity index (χ2n) is 4.28. The molecule has 1 aromatic heterocycles. The lowest BCUT2D eigenvalue weighted by atomic mass is 10.1. The number of hydrogen-bond donors (Lipinski definition) is 1. The van der Waals surface area contributed by atoms with Crippen LogP contribution >= 0.6 is 0 Å². The van der Waals surface area contributed by atoms with Crippen LogP contribution < -0.4 is 0 Å². The number of aliphatic carboxylic acids is 1. The van der Waals surface area contributed by atoms with Crippen molar-refractivity contribution in [1.82, 2.24) is 20.2 Å². The Kier molecular flexibility index (Phi) is 3.24. The Hall–Kier alpha value is -1.51. The van der Waals surface area contributed by atoms with Gasteiger partial charge in [0.05, 0.1) is 0 Å². The quantitative estimate of drug-likeness (QED) is 0.784. The number of nitrogens with zero attached hydrogens (tertiary/aromatic N) is 4. The van der Waals surface area contributed by atoms with Crippen molar-refractivity contribution in [2.24, 2.45) is 0 Å². The minimum Gasteiger partial charge on any atom is -0.479 e. The largest absolute Gasteiger partial charge is 0.479 e. The van der Waals surface area contributed by atoms with Crippen molar-refractivity contribution in [3.63, 3.8) is 0 Å². The Balaban J connectivity index is 3.33. The first-order valence-corrected chi connectivity index (χ1v) is 6.75. The number of tetrazole rings is 1. The van der Waals surface area contributed by atoms with Crippen LogP contribution in [0.25, 0.3) is 0 Å². The predicted octanol–water partition coefficient (Wildman–Crippen LogP) is -0.402. The Morgan fingerprint density at radius 2 is 2.00 bits per heavy atom. The molecule has 0 aliphatic carbocycles. The van der Waals surface area contributed by atoms with Gasteiger partial charge in [-0.15, -0.1) is 5.10 Å². The maximum atomic E-state index is 11.4. The zero-order valence-corrected chi connectivity index (χ0v) is 10.8. The molecule has 1 unspecified atom stereocenters. The van der Waals surface area contributed by atoms with Crippen molar-refractivity contribution in [3.8, 4) is 0 Å². The molecule has 0 bridgehead atoms. The summed E-state index contributed by atoms with van der Waals surface area (Å²) in [6, 6.07) is 0. The molecule has 0 radical (unpaired) electrons. The summed E-state index contributed by atoms with van der Waals surface area (Å²) in [5.41, 5.74) is -1.40. The molecule has 0 fully saturated rings. The molecule has 1 atom stereocenters. The molecule has 0 amide bonds. The fraction of sp³-hybridized carbons (Fsp3) is 0.750. The lowest BCUT2D eigenvalue weighted by Gasteiger charge is -2.21. The molecule has 0 saturated carbocycles. The van der Waals surface area contributed by atoms with E-state index >= 15 is 0 Å². The van der Waals surface area contributed by atoms with Crippen molar-refractivity contribution in [1.29, 1.82) is 0 Å². The summed E-state index contributed by atoms with van der Waals surface area (Å²) < 4.78 is 23.9. The first-order valence-electron chi connectivity index (χ1n) is 4.79. The molecule has 17 heavy (non-hydrogen) atoms. The van der Waals surface area contributed by atoms with Gasteiger partial charge in [0.1, 0.15) is 5.25 Å². The van der Waals surface area contributed by atoms with Crippen LogP contribution in [0.5, 0.6) is 0 Å². The number of rotatable bonds is 4. The molecule has 9 heteroatoms. The molecule has 0 saturated heterocycles. The molecule has 1 aromatic rings. The molecular formula is C8H14N4O4S. The highest BCUT2D eigenvalue weighted by Crippen LogP contribution is 2.23. The molecule has 0 aromatic carbocycles. The maximum Gasteiger partial charge on any atom is 0.331 e. The van der Waals surface area contributed by atoms with Gasteiger partial charge in [-0.2, -0.15) is 0 Å². The molecule has 0 spiro atoms. The van der Waals surface area contributed by atoms with Gasteiger partial charge in [-0.05, 0) is 31.2 Å². The van der Waals surface area contributed by atoms with Crippen LogP contribution in [0.15, 0.2) is 0 Å². The Bertz CT molecular complexity index is 533. The van der Waals surface area contributed by atoms with Gasteiger partial charge in [-0.3, -0.25) is 0 Å². The normalized spacial score (nSPS) is 14.6. The van der Waals surface area contributed by atoms with Gasteiger partial charge in [0.2, 0.25) is 0 Å². The van der Waals surface area contributed by atoms with Gasteiger partial charge in [0.15, 0.2) is 21.2 Å². The van der Waals surface area contributed by atoms with Gasteiger partial charge in [0, 0.05) is 6.26 Å². The molecule has 0 aliphatic rings. The molecule has 1 N–H and O–H groups in total. The van der Waals surface area contributed by atoms with Crippen molar-refractivity contribution in [3.05, 3.63) is 5.82 Å². The van der Waals surface area contributed by atoms with Crippen LogP contribution in [-0.2, 0) is 20.2 Å². The number of carboxylic acids is 1.